The first-order valence-corrected chi connectivity index (χ1v) is 10.7. The summed E-state index contributed by atoms with van der Waals surface area (Å²) in [5.41, 5.74) is 0.227. The lowest BCUT2D eigenvalue weighted by atomic mass is 9.80. The van der Waals surface area contributed by atoms with Crippen LogP contribution in [0.15, 0.2) is 36.0 Å². The number of nitrogens with zero attached hydrogens (tertiary/aromatic N) is 5. The van der Waals surface area contributed by atoms with Crippen LogP contribution >= 0.6 is 11.6 Å². The van der Waals surface area contributed by atoms with Crippen molar-refractivity contribution < 1.29 is 13.9 Å². The molecule has 170 valence electrons. The summed E-state index contributed by atoms with van der Waals surface area (Å²) in [5.74, 6) is 0. The molecule has 0 aliphatic heterocycles. The minimum Gasteiger partial charge on any atom is -0.388 e. The zero-order valence-corrected chi connectivity index (χ0v) is 18.6. The van der Waals surface area contributed by atoms with E-state index >= 15 is 0 Å². The van der Waals surface area contributed by atoms with Gasteiger partial charge in [-0.2, -0.15) is 14.9 Å². The molecule has 1 fully saturated rings. The Kier molecular flexibility index (Phi) is 6.15. The van der Waals surface area contributed by atoms with Gasteiger partial charge in [-0.15, -0.1) is 0 Å². The lowest BCUT2D eigenvalue weighted by Gasteiger charge is -2.34. The van der Waals surface area contributed by atoms with Crippen molar-refractivity contribution in [3.8, 4) is 6.07 Å². The van der Waals surface area contributed by atoms with Gasteiger partial charge >= 0.3 is 0 Å². The van der Waals surface area contributed by atoms with E-state index in [-0.39, 0.29) is 23.2 Å². The quantitative estimate of drug-likeness (QED) is 0.575. The Labute approximate surface area is 193 Å². The van der Waals surface area contributed by atoms with Gasteiger partial charge < -0.3 is 10.4 Å². The second-order valence-electron chi connectivity index (χ2n) is 7.96. The molecule has 4 rings (SSSR count). The van der Waals surface area contributed by atoms with Crippen LogP contribution in [0.1, 0.15) is 48.2 Å². The van der Waals surface area contributed by atoms with Gasteiger partial charge in [0, 0.05) is 15.9 Å². The smallest absolute Gasteiger partial charge is 0.283 e. The number of aliphatic hydroxyl groups is 1. The number of fused-ring (bicyclic) bond motifs is 1. The zero-order valence-electron chi connectivity index (χ0n) is 17.8. The fourth-order valence-corrected chi connectivity index (χ4v) is 3.93. The summed E-state index contributed by atoms with van der Waals surface area (Å²) in [6.45, 7) is 5.46. The Hall–Kier alpha value is -3.35. The number of benzene rings is 1. The number of alkyl halides is 2. The van der Waals surface area contributed by atoms with Crippen LogP contribution in [-0.2, 0) is 0 Å². The molecular weight excluding hydrogens is 450 g/mol. The number of anilines is 1. The maximum absolute atomic E-state index is 13.6. The molecule has 2 N–H and O–H groups in total. The van der Waals surface area contributed by atoms with Crippen LogP contribution in [-0.4, -0.2) is 31.9 Å². The number of hydrogen-bond donors (Lipinski definition) is 2. The van der Waals surface area contributed by atoms with Gasteiger partial charge in [0.2, 0.25) is 0 Å². The first kappa shape index (κ1) is 22.8. The molecule has 33 heavy (non-hydrogen) atoms. The van der Waals surface area contributed by atoms with E-state index in [2.05, 4.69) is 27.0 Å². The van der Waals surface area contributed by atoms with E-state index in [0.717, 1.165) is 16.5 Å². The lowest BCUT2D eigenvalue weighted by molar-refractivity contribution is -0.0243. The van der Waals surface area contributed by atoms with E-state index in [9.17, 15) is 19.1 Å². The van der Waals surface area contributed by atoms with Crippen molar-refractivity contribution in [2.24, 2.45) is 4.99 Å². The van der Waals surface area contributed by atoms with E-state index in [4.69, 9.17) is 11.6 Å². The molecule has 1 aliphatic carbocycles. The highest BCUT2D eigenvalue weighted by atomic mass is 35.5. The molecule has 3 aromatic rings. The molecule has 0 unspecified atom stereocenters. The Morgan fingerprint density at radius 2 is 2.21 bits per heavy atom. The van der Waals surface area contributed by atoms with Crippen LogP contribution in [0.25, 0.3) is 11.7 Å². The van der Waals surface area contributed by atoms with E-state index in [0.29, 0.717) is 34.5 Å². The number of halogens is 3. The third-order valence-electron chi connectivity index (χ3n) is 5.69. The van der Waals surface area contributed by atoms with Gasteiger partial charge in [0.25, 0.3) is 6.43 Å². The first-order valence-electron chi connectivity index (χ1n) is 10.3. The molecule has 2 heterocycles. The molecular formula is C23H21ClF2N6O. The average molecular weight is 471 g/mol. The number of nitrogens with one attached hydrogen (secondary N) is 1. The third kappa shape index (κ3) is 4.32. The van der Waals surface area contributed by atoms with Crippen molar-refractivity contribution in [1.82, 2.24) is 14.6 Å². The second-order valence-corrected chi connectivity index (χ2v) is 8.40. The first-order chi connectivity index (χ1) is 15.8. The topological polar surface area (TPSA) is 98.6 Å². The monoisotopic (exact) mass is 470 g/mol. The number of rotatable bonds is 6. The summed E-state index contributed by atoms with van der Waals surface area (Å²) in [5, 5.41) is 28.1. The number of hydrogen-bond acceptors (Lipinski definition) is 6. The van der Waals surface area contributed by atoms with Gasteiger partial charge in [-0.25, -0.2) is 13.8 Å². The zero-order chi connectivity index (χ0) is 23.8. The normalized spacial score (nSPS) is 16.2. The molecule has 0 bridgehead atoms. The molecule has 2 aromatic heterocycles. The Bertz CT molecular complexity index is 1410. The van der Waals surface area contributed by atoms with Gasteiger partial charge in [-0.05, 0) is 56.2 Å². The van der Waals surface area contributed by atoms with Gasteiger partial charge in [-0.3, -0.25) is 4.99 Å². The number of aryl methyl sites for hydroxylation is 1. The molecule has 0 amide bonds. The highest BCUT2D eigenvalue weighted by Gasteiger charge is 2.34. The number of aromatic nitrogens is 3. The summed E-state index contributed by atoms with van der Waals surface area (Å²) in [6.07, 6.45) is 2.46. The fourth-order valence-electron chi connectivity index (χ4n) is 3.76. The standard InChI is InChI=1S/C23H21ClF2N6O/c1-3-28-18-10-15(24)6-5-14(18)9-16-13(2)30-22-17(11-27)19(20(25)26)31-32(22)21(16)29-12-23(33)7-4-8-23/h3,5-6,9-10,20,28,33H,1,4,7-8,12H2,2H3/b16-9+,29-21?. The van der Waals surface area contributed by atoms with Crippen LogP contribution in [0.3, 0.4) is 0 Å². The molecule has 7 nitrogen and oxygen atoms in total. The maximum Gasteiger partial charge on any atom is 0.283 e. The molecule has 0 spiro atoms. The molecule has 1 aromatic carbocycles. The molecule has 1 aliphatic rings. The SMILES string of the molecule is C=CNc1cc(Cl)ccc1/C=c1\c(C)nc2c(C#N)c(C(F)F)nn2c1=NCC1(O)CCC1. The fraction of sp³-hybridized carbons (Fsp3) is 0.304. The summed E-state index contributed by atoms with van der Waals surface area (Å²) < 4.78 is 28.3. The van der Waals surface area contributed by atoms with Crippen molar-refractivity contribution >= 4 is 29.0 Å². The lowest BCUT2D eigenvalue weighted by Crippen LogP contribution is -2.43. The minimum atomic E-state index is -2.95. The Balaban J connectivity index is 2.06. The predicted octanol–water partition coefficient (Wildman–Crippen LogP) is 3.42. The largest absolute Gasteiger partial charge is 0.388 e. The molecule has 0 radical (unpaired) electrons. The van der Waals surface area contributed by atoms with Crippen molar-refractivity contribution in [1.29, 1.82) is 5.26 Å². The molecule has 0 atom stereocenters. The van der Waals surface area contributed by atoms with Crippen molar-refractivity contribution in [2.45, 2.75) is 38.2 Å². The summed E-state index contributed by atoms with van der Waals surface area (Å²) in [6, 6.07) is 7.01. The van der Waals surface area contributed by atoms with Crippen LogP contribution in [0.4, 0.5) is 14.5 Å². The van der Waals surface area contributed by atoms with Crippen molar-refractivity contribution in [3.05, 3.63) is 69.2 Å². The second kappa shape index (κ2) is 8.89. The molecule has 1 saturated carbocycles. The van der Waals surface area contributed by atoms with Crippen molar-refractivity contribution in [2.75, 3.05) is 11.9 Å². The van der Waals surface area contributed by atoms with Crippen LogP contribution < -0.4 is 16.0 Å². The van der Waals surface area contributed by atoms with E-state index in [1.54, 1.807) is 37.3 Å². The van der Waals surface area contributed by atoms with Gasteiger partial charge in [-0.1, -0.05) is 24.2 Å². The van der Waals surface area contributed by atoms with Gasteiger partial charge in [0.1, 0.15) is 17.3 Å². The van der Waals surface area contributed by atoms with Gasteiger partial charge in [0.15, 0.2) is 11.1 Å². The van der Waals surface area contributed by atoms with E-state index in [1.807, 2.05) is 0 Å². The molecule has 0 saturated heterocycles. The van der Waals surface area contributed by atoms with Crippen LogP contribution in [0.5, 0.6) is 0 Å². The van der Waals surface area contributed by atoms with Crippen molar-refractivity contribution in [3.63, 3.8) is 0 Å². The highest BCUT2D eigenvalue weighted by molar-refractivity contribution is 6.30. The summed E-state index contributed by atoms with van der Waals surface area (Å²) >= 11 is 6.12. The van der Waals surface area contributed by atoms with E-state index < -0.39 is 17.7 Å². The predicted molar refractivity (Wildman–Crippen MR) is 121 cm³/mol. The van der Waals surface area contributed by atoms with Crippen LogP contribution in [0.2, 0.25) is 5.02 Å². The average Bonchev–Trinajstić information content (AvgIpc) is 3.12. The Morgan fingerprint density at radius 1 is 1.45 bits per heavy atom. The van der Waals surface area contributed by atoms with Gasteiger partial charge in [0.05, 0.1) is 17.8 Å². The minimum absolute atomic E-state index is 0.00217. The Morgan fingerprint density at radius 3 is 2.82 bits per heavy atom. The van der Waals surface area contributed by atoms with Crippen LogP contribution in [0, 0.1) is 18.3 Å². The van der Waals surface area contributed by atoms with E-state index in [1.165, 1.54) is 6.20 Å². The summed E-state index contributed by atoms with van der Waals surface area (Å²) in [4.78, 5) is 8.99. The maximum atomic E-state index is 13.6. The number of nitriles is 1. The summed E-state index contributed by atoms with van der Waals surface area (Å²) in [7, 11) is 0. The third-order valence-corrected chi connectivity index (χ3v) is 5.93. The highest BCUT2D eigenvalue weighted by Crippen LogP contribution is 2.31. The molecule has 10 heteroatoms.